The van der Waals surface area contributed by atoms with Gasteiger partial charge in [0.25, 0.3) is 0 Å². The number of amides is 4. The van der Waals surface area contributed by atoms with Gasteiger partial charge in [0.1, 0.15) is 6.54 Å². The zero-order valence-electron chi connectivity index (χ0n) is 13.8. The third kappa shape index (κ3) is 3.54. The highest BCUT2D eigenvalue weighted by Gasteiger charge is 2.45. The fourth-order valence-electron chi connectivity index (χ4n) is 3.01. The third-order valence-electron chi connectivity index (χ3n) is 4.32. The van der Waals surface area contributed by atoms with Gasteiger partial charge >= 0.3 is 18.1 Å². The zero-order valence-corrected chi connectivity index (χ0v) is 13.8. The van der Waals surface area contributed by atoms with E-state index >= 15 is 0 Å². The maximum atomic E-state index is 12.7. The second kappa shape index (κ2) is 6.80. The van der Waals surface area contributed by atoms with Gasteiger partial charge < -0.3 is 20.8 Å². The van der Waals surface area contributed by atoms with E-state index in [-0.39, 0.29) is 6.03 Å². The number of carboxylic acids is 1. The molecule has 0 radical (unpaired) electrons. The summed E-state index contributed by atoms with van der Waals surface area (Å²) in [6.07, 6.45) is -0.727. The first-order valence-electron chi connectivity index (χ1n) is 7.58. The molecule has 0 heterocycles. The summed E-state index contributed by atoms with van der Waals surface area (Å²) in [6.45, 7) is 0.695. The summed E-state index contributed by atoms with van der Waals surface area (Å²) < 4.78 is 0. The minimum absolute atomic E-state index is 0.328. The van der Waals surface area contributed by atoms with Gasteiger partial charge in [-0.2, -0.15) is 0 Å². The van der Waals surface area contributed by atoms with Gasteiger partial charge in [-0.25, -0.2) is 14.5 Å². The Hall–Kier alpha value is -3.10. The second-order valence-electron chi connectivity index (χ2n) is 5.98. The molecule has 0 fully saturated rings. The summed E-state index contributed by atoms with van der Waals surface area (Å²) in [5, 5.41) is 23.1. The lowest BCUT2D eigenvalue weighted by molar-refractivity contribution is -0.145. The van der Waals surface area contributed by atoms with Crippen molar-refractivity contribution in [3.63, 3.8) is 0 Å². The monoisotopic (exact) mass is 349 g/mol. The molecule has 0 bridgehead atoms. The van der Waals surface area contributed by atoms with Crippen molar-refractivity contribution in [1.82, 2.24) is 10.2 Å². The molecule has 1 aliphatic carbocycles. The van der Waals surface area contributed by atoms with Crippen molar-refractivity contribution in [3.05, 3.63) is 29.3 Å². The quantitative estimate of drug-likeness (QED) is 0.645. The summed E-state index contributed by atoms with van der Waals surface area (Å²) in [5.41, 5.74) is 0.867. The first kappa shape index (κ1) is 18.2. The van der Waals surface area contributed by atoms with Gasteiger partial charge in [0.05, 0.1) is 5.41 Å². The van der Waals surface area contributed by atoms with Gasteiger partial charge in [-0.15, -0.1) is 0 Å². The Labute approximate surface area is 143 Å². The number of carbonyl (C=O) groups excluding carboxylic acids is 2. The molecular weight excluding hydrogens is 330 g/mol. The number of aliphatic carboxylic acids is 1. The van der Waals surface area contributed by atoms with Crippen molar-refractivity contribution in [3.8, 4) is 0 Å². The first-order chi connectivity index (χ1) is 11.7. The molecule has 1 aliphatic rings. The normalized spacial score (nSPS) is 18.2. The minimum atomic E-state index is -1.60. The van der Waals surface area contributed by atoms with Crippen LogP contribution in [0, 0.1) is 0 Å². The molecular formula is C16H19N3O6. The van der Waals surface area contributed by atoms with Gasteiger partial charge in [0.15, 0.2) is 0 Å². The zero-order chi connectivity index (χ0) is 18.8. The van der Waals surface area contributed by atoms with E-state index in [1.165, 1.54) is 7.05 Å². The van der Waals surface area contributed by atoms with E-state index in [1.807, 2.05) is 0 Å². The van der Waals surface area contributed by atoms with Crippen LogP contribution in [0.25, 0.3) is 0 Å². The predicted molar refractivity (Wildman–Crippen MR) is 87.6 cm³/mol. The molecule has 1 atom stereocenters. The number of urea groups is 1. The highest BCUT2D eigenvalue weighted by atomic mass is 16.4. The lowest BCUT2D eigenvalue weighted by Crippen LogP contribution is -2.48. The summed E-state index contributed by atoms with van der Waals surface area (Å²) in [5.74, 6) is -2.17. The fraction of sp³-hybridized carbons (Fsp3) is 0.375. The maximum Gasteiger partial charge on any atom is 0.414 e. The van der Waals surface area contributed by atoms with Crippen LogP contribution < -0.4 is 10.6 Å². The molecule has 9 heteroatoms. The number of carboxylic acid groups (broad SMARTS) is 2. The largest absolute Gasteiger partial charge is 0.480 e. The van der Waals surface area contributed by atoms with Crippen molar-refractivity contribution in [2.45, 2.75) is 25.2 Å². The molecule has 0 saturated heterocycles. The Morgan fingerprint density at radius 1 is 1.24 bits per heavy atom. The van der Waals surface area contributed by atoms with Gasteiger partial charge in [0, 0.05) is 12.7 Å². The Morgan fingerprint density at radius 2 is 1.92 bits per heavy atom. The van der Waals surface area contributed by atoms with E-state index in [0.29, 0.717) is 29.0 Å². The lowest BCUT2D eigenvalue weighted by atomic mass is 9.82. The van der Waals surface area contributed by atoms with Crippen LogP contribution in [-0.2, 0) is 21.4 Å². The molecule has 1 unspecified atom stereocenters. The summed E-state index contributed by atoms with van der Waals surface area (Å²) in [7, 11) is 1.49. The van der Waals surface area contributed by atoms with E-state index in [9.17, 15) is 24.3 Å². The fourth-order valence-corrected chi connectivity index (χ4v) is 3.01. The molecule has 25 heavy (non-hydrogen) atoms. The number of anilines is 1. The van der Waals surface area contributed by atoms with Crippen LogP contribution >= 0.6 is 0 Å². The average Bonchev–Trinajstić information content (AvgIpc) is 2.89. The Balaban J connectivity index is 2.33. The Bertz CT molecular complexity index is 747. The number of hydrogen-bond acceptors (Lipinski definition) is 4. The van der Waals surface area contributed by atoms with Crippen molar-refractivity contribution in [2.75, 3.05) is 18.9 Å². The van der Waals surface area contributed by atoms with Gasteiger partial charge in [-0.05, 0) is 43.0 Å². The molecule has 134 valence electrons. The molecule has 9 nitrogen and oxygen atoms in total. The molecule has 0 aromatic heterocycles. The van der Waals surface area contributed by atoms with Crippen molar-refractivity contribution < 1.29 is 29.4 Å². The van der Waals surface area contributed by atoms with Gasteiger partial charge in [-0.3, -0.25) is 9.59 Å². The summed E-state index contributed by atoms with van der Waals surface area (Å²) in [6, 6.07) is 4.63. The first-order valence-corrected chi connectivity index (χ1v) is 7.58. The number of aryl methyl sites for hydroxylation is 1. The molecule has 1 aromatic carbocycles. The second-order valence-corrected chi connectivity index (χ2v) is 5.98. The lowest BCUT2D eigenvalue weighted by Gasteiger charge is -2.28. The summed E-state index contributed by atoms with van der Waals surface area (Å²) >= 11 is 0. The number of nitrogens with zero attached hydrogens (tertiary/aromatic N) is 1. The Morgan fingerprint density at radius 3 is 2.48 bits per heavy atom. The van der Waals surface area contributed by atoms with Crippen LogP contribution in [0.3, 0.4) is 0 Å². The van der Waals surface area contributed by atoms with Crippen LogP contribution in [0.1, 0.15) is 24.5 Å². The van der Waals surface area contributed by atoms with Crippen LogP contribution in [0.5, 0.6) is 0 Å². The maximum absolute atomic E-state index is 12.7. The molecule has 2 rings (SSSR count). The van der Waals surface area contributed by atoms with Crippen LogP contribution in [0.15, 0.2) is 18.2 Å². The number of carbonyl (C=O) groups is 4. The van der Waals surface area contributed by atoms with E-state index in [2.05, 4.69) is 10.6 Å². The molecule has 0 saturated carbocycles. The number of hydrogen-bond donors (Lipinski definition) is 4. The molecule has 1 aromatic rings. The van der Waals surface area contributed by atoms with Crippen molar-refractivity contribution in [2.24, 2.45) is 0 Å². The summed E-state index contributed by atoms with van der Waals surface area (Å²) in [4.78, 5) is 46.6. The van der Waals surface area contributed by atoms with Crippen LogP contribution in [0.4, 0.5) is 15.3 Å². The van der Waals surface area contributed by atoms with E-state index in [1.54, 1.807) is 25.1 Å². The molecule has 4 amide bonds. The number of imide groups is 1. The van der Waals surface area contributed by atoms with Gasteiger partial charge in [0.2, 0.25) is 5.91 Å². The SMILES string of the molecule is CNC(=O)Nc1ccc2c(c1)CCC2(C)C(=O)N(CC(=O)O)C(=O)O. The smallest absolute Gasteiger partial charge is 0.414 e. The minimum Gasteiger partial charge on any atom is -0.480 e. The number of rotatable bonds is 4. The predicted octanol–water partition coefficient (Wildman–Crippen LogP) is 1.23. The van der Waals surface area contributed by atoms with Crippen molar-refractivity contribution >= 4 is 29.7 Å². The molecule has 4 N–H and O–H groups in total. The molecule has 0 spiro atoms. The number of fused-ring (bicyclic) bond motifs is 1. The van der Waals surface area contributed by atoms with Crippen LogP contribution in [-0.4, -0.2) is 52.7 Å². The van der Waals surface area contributed by atoms with E-state index in [4.69, 9.17) is 5.11 Å². The van der Waals surface area contributed by atoms with Gasteiger partial charge in [-0.1, -0.05) is 6.07 Å². The number of nitrogens with one attached hydrogen (secondary N) is 2. The highest BCUT2D eigenvalue weighted by Crippen LogP contribution is 2.41. The van der Waals surface area contributed by atoms with Crippen LogP contribution in [0.2, 0.25) is 0 Å². The standard InChI is InChI=1S/C16H19N3O6/c1-16(13(22)19(15(24)25)8-12(20)21)6-5-9-7-10(3-4-11(9)16)18-14(23)17-2/h3-4,7H,5-6,8H2,1-2H3,(H,20,21)(H,24,25)(H2,17,18,23). The van der Waals surface area contributed by atoms with Crippen molar-refractivity contribution in [1.29, 1.82) is 0 Å². The highest BCUT2D eigenvalue weighted by molar-refractivity contribution is 6.00. The third-order valence-corrected chi connectivity index (χ3v) is 4.32. The van der Waals surface area contributed by atoms with E-state index in [0.717, 1.165) is 5.56 Å². The number of benzene rings is 1. The van der Waals surface area contributed by atoms with E-state index < -0.39 is 29.9 Å². The Kier molecular flexibility index (Phi) is 4.96. The molecule has 0 aliphatic heterocycles. The topological polar surface area (TPSA) is 136 Å². The average molecular weight is 349 g/mol.